The molecule has 4 aromatic rings. The molecule has 0 atom stereocenters. The van der Waals surface area contributed by atoms with Gasteiger partial charge in [0.1, 0.15) is 7.05 Å². The van der Waals surface area contributed by atoms with Crippen molar-refractivity contribution in [1.29, 1.82) is 0 Å². The molecule has 0 unspecified atom stereocenters. The molecular weight excluding hydrogens is 885 g/mol. The van der Waals surface area contributed by atoms with E-state index in [2.05, 4.69) is 34.5 Å². The lowest BCUT2D eigenvalue weighted by molar-refractivity contribution is -0.401. The van der Waals surface area contributed by atoms with Gasteiger partial charge in [0.15, 0.2) is 5.71 Å². The fourth-order valence-electron chi connectivity index (χ4n) is 9.52. The van der Waals surface area contributed by atoms with Crippen LogP contribution in [-0.4, -0.2) is 68.2 Å². The highest BCUT2D eigenvalue weighted by Gasteiger charge is 2.44. The number of fused-ring (bicyclic) bond motifs is 4. The van der Waals surface area contributed by atoms with Gasteiger partial charge in [0.2, 0.25) is 17.5 Å². The van der Waals surface area contributed by atoms with Crippen molar-refractivity contribution in [3.05, 3.63) is 149 Å². The maximum atomic E-state index is 13.6. The van der Waals surface area contributed by atoms with Crippen molar-refractivity contribution < 1.29 is 40.1 Å². The lowest BCUT2D eigenvalue weighted by atomic mass is 9.81. The van der Waals surface area contributed by atoms with Crippen LogP contribution in [0, 0.1) is 0 Å². The molecule has 0 bridgehead atoms. The van der Waals surface area contributed by atoms with Crippen LogP contribution in [0.2, 0.25) is 0 Å². The average Bonchev–Trinajstić information content (AvgIpc) is 3.60. The average molecular weight is 946 g/mol. The van der Waals surface area contributed by atoms with Gasteiger partial charge < -0.3 is 15.1 Å². The summed E-state index contributed by atoms with van der Waals surface area (Å²) in [6.07, 6.45) is 19.4. The van der Waals surface area contributed by atoms with Gasteiger partial charge in [-0.2, -0.15) is 21.4 Å². The van der Waals surface area contributed by atoms with E-state index >= 15 is 0 Å². The number of hydrogen-bond acceptors (Lipinski definition) is 7. The number of nitrogens with zero attached hydrogens (tertiary/aromatic N) is 3. The fourth-order valence-corrected chi connectivity index (χ4v) is 10.5. The molecule has 0 fully saturated rings. The zero-order valence-corrected chi connectivity index (χ0v) is 40.5. The number of amides is 2. The highest BCUT2D eigenvalue weighted by molar-refractivity contribution is 7.86. The quantitative estimate of drug-likeness (QED) is 0.0405. The number of carbonyl (C=O) groups is 2. The third kappa shape index (κ3) is 10.9. The van der Waals surface area contributed by atoms with E-state index in [1.54, 1.807) is 12.1 Å². The molecular formula is C53H61N4O8S2+. The van der Waals surface area contributed by atoms with Crippen LogP contribution in [0.1, 0.15) is 107 Å². The summed E-state index contributed by atoms with van der Waals surface area (Å²) in [6.45, 7) is 9.75. The van der Waals surface area contributed by atoms with Gasteiger partial charge in [-0.1, -0.05) is 99.5 Å². The second-order valence-electron chi connectivity index (χ2n) is 18.5. The van der Waals surface area contributed by atoms with E-state index < -0.39 is 31.1 Å². The molecule has 67 heavy (non-hydrogen) atoms. The lowest BCUT2D eigenvalue weighted by Gasteiger charge is -2.27. The standard InChI is InChI=1S/C53H60N4O8S2/c1-52(2)43-35-41(66(60,61)62)29-31-46(43)55(5)48(52)23-9-6-10-24-49-53(3,4)44-36-42(67(63,64)65)30-32-47(44)56(49)34-18-8-11-25-50(58)54-33-17-7-12-26-51(59)57-37-40-21-14-13-19-38(40)27-28-39-20-15-16-22-45(39)57/h6,9-10,13-16,19-24,27-32,35-36H,7-8,11-12,17-18,25-26,33-34,37H2,1-5H3,(H2-,54,58,60,61,62,63,64,65)/p+1/b28-27-. The summed E-state index contributed by atoms with van der Waals surface area (Å²) in [5.74, 6) is 0.0885. The minimum atomic E-state index is -4.42. The summed E-state index contributed by atoms with van der Waals surface area (Å²) < 4.78 is 69.6. The molecule has 3 N–H and O–H groups in total. The van der Waals surface area contributed by atoms with Gasteiger partial charge in [-0.3, -0.25) is 18.7 Å². The molecule has 352 valence electrons. The predicted molar refractivity (Wildman–Crippen MR) is 266 cm³/mol. The summed E-state index contributed by atoms with van der Waals surface area (Å²) in [4.78, 5) is 30.1. The number of carbonyl (C=O) groups excluding carboxylic acids is 2. The van der Waals surface area contributed by atoms with Crippen LogP contribution >= 0.6 is 0 Å². The van der Waals surface area contributed by atoms with Crippen LogP contribution in [0.15, 0.2) is 131 Å². The number of benzene rings is 4. The first kappa shape index (κ1) is 49.0. The van der Waals surface area contributed by atoms with Crippen molar-refractivity contribution in [1.82, 2.24) is 5.32 Å². The largest absolute Gasteiger partial charge is 0.356 e. The van der Waals surface area contributed by atoms with E-state index in [0.717, 1.165) is 88.4 Å². The molecule has 0 aromatic heterocycles. The van der Waals surface area contributed by atoms with Crippen LogP contribution in [0.3, 0.4) is 0 Å². The molecule has 0 aliphatic carbocycles. The van der Waals surface area contributed by atoms with E-state index in [1.165, 1.54) is 24.3 Å². The lowest BCUT2D eigenvalue weighted by Crippen LogP contribution is -2.31. The van der Waals surface area contributed by atoms with Crippen LogP contribution in [0.25, 0.3) is 12.2 Å². The Morgan fingerprint density at radius 3 is 2.09 bits per heavy atom. The first-order valence-electron chi connectivity index (χ1n) is 22.9. The Labute approximate surface area is 395 Å². The van der Waals surface area contributed by atoms with Crippen LogP contribution < -0.4 is 15.1 Å². The minimum Gasteiger partial charge on any atom is -0.356 e. The van der Waals surface area contributed by atoms with Crippen molar-refractivity contribution in [3.8, 4) is 0 Å². The maximum absolute atomic E-state index is 13.6. The van der Waals surface area contributed by atoms with Gasteiger partial charge in [-0.25, -0.2) is 0 Å². The molecule has 3 aliphatic heterocycles. The molecule has 0 radical (unpaired) electrons. The number of anilines is 2. The Kier molecular flexibility index (Phi) is 14.7. The Bertz CT molecular complexity index is 2950. The Morgan fingerprint density at radius 1 is 0.701 bits per heavy atom. The first-order valence-corrected chi connectivity index (χ1v) is 25.8. The molecule has 0 spiro atoms. The number of rotatable bonds is 17. The Balaban J connectivity index is 0.902. The fraction of sp³-hybridized carbons (Fsp3) is 0.340. The minimum absolute atomic E-state index is 0.00119. The molecule has 3 aliphatic rings. The third-order valence-electron chi connectivity index (χ3n) is 13.2. The monoisotopic (exact) mass is 945 g/mol. The molecule has 0 saturated heterocycles. The van der Waals surface area contributed by atoms with Gasteiger partial charge in [-0.15, -0.1) is 0 Å². The zero-order valence-electron chi connectivity index (χ0n) is 38.9. The van der Waals surface area contributed by atoms with Crippen molar-refractivity contribution in [2.24, 2.45) is 0 Å². The normalized spacial score (nSPS) is 17.3. The van der Waals surface area contributed by atoms with Gasteiger partial charge in [0.05, 0.1) is 27.4 Å². The molecule has 14 heteroatoms. The number of para-hydroxylation sites is 1. The van der Waals surface area contributed by atoms with Gasteiger partial charge in [0, 0.05) is 60.4 Å². The Hall–Kier alpha value is -5.93. The Morgan fingerprint density at radius 2 is 1.34 bits per heavy atom. The molecule has 7 rings (SSSR count). The number of hydrogen-bond donors (Lipinski definition) is 3. The van der Waals surface area contributed by atoms with Crippen molar-refractivity contribution in [2.75, 3.05) is 29.9 Å². The number of nitrogens with one attached hydrogen (secondary N) is 1. The molecule has 4 aromatic carbocycles. The third-order valence-corrected chi connectivity index (χ3v) is 14.9. The van der Waals surface area contributed by atoms with Gasteiger partial charge in [0.25, 0.3) is 20.2 Å². The van der Waals surface area contributed by atoms with E-state index in [1.807, 2.05) is 111 Å². The zero-order chi connectivity index (χ0) is 48.1. The van der Waals surface area contributed by atoms with Gasteiger partial charge in [-0.05, 0) is 104 Å². The second kappa shape index (κ2) is 20.1. The smallest absolute Gasteiger partial charge is 0.294 e. The second-order valence-corrected chi connectivity index (χ2v) is 21.3. The van der Waals surface area contributed by atoms with Crippen LogP contribution in [-0.2, 0) is 47.2 Å². The molecule has 3 heterocycles. The first-order chi connectivity index (χ1) is 31.8. The summed E-state index contributed by atoms with van der Waals surface area (Å²) in [5, 5.41) is 3.04. The van der Waals surface area contributed by atoms with Crippen LogP contribution in [0.5, 0.6) is 0 Å². The van der Waals surface area contributed by atoms with Gasteiger partial charge >= 0.3 is 0 Å². The summed E-state index contributed by atoms with van der Waals surface area (Å²) in [7, 11) is -6.86. The van der Waals surface area contributed by atoms with E-state index in [4.69, 9.17) is 0 Å². The van der Waals surface area contributed by atoms with Crippen molar-refractivity contribution in [2.45, 2.75) is 106 Å². The molecule has 2 amide bonds. The van der Waals surface area contributed by atoms with Crippen molar-refractivity contribution >= 4 is 67.0 Å². The highest BCUT2D eigenvalue weighted by atomic mass is 32.2. The maximum Gasteiger partial charge on any atom is 0.294 e. The number of allylic oxidation sites excluding steroid dienone is 6. The van der Waals surface area contributed by atoms with E-state index in [-0.39, 0.29) is 21.6 Å². The topological polar surface area (TPSA) is 164 Å². The van der Waals surface area contributed by atoms with E-state index in [0.29, 0.717) is 38.9 Å². The van der Waals surface area contributed by atoms with Crippen LogP contribution in [0.4, 0.5) is 17.1 Å². The van der Waals surface area contributed by atoms with Crippen molar-refractivity contribution in [3.63, 3.8) is 0 Å². The summed E-state index contributed by atoms with van der Waals surface area (Å²) >= 11 is 0. The predicted octanol–water partition coefficient (Wildman–Crippen LogP) is 9.93. The summed E-state index contributed by atoms with van der Waals surface area (Å²) in [5.41, 5.74) is 8.16. The summed E-state index contributed by atoms with van der Waals surface area (Å²) in [6, 6.07) is 25.4. The molecule has 0 saturated carbocycles. The SMILES string of the molecule is C[N+]1=C(C=CC=CC=C2N(CCCCCC(=O)NCCCCCC(=O)N3Cc4ccccc4/C=C\c4ccccc43)c3ccc(S(=O)(=O)O)cc3C2(C)C)C(C)(C)c2cc(S(=O)(=O)O)ccc21. The van der Waals surface area contributed by atoms with E-state index in [9.17, 15) is 35.5 Å². The molecule has 12 nitrogen and oxygen atoms in total. The highest BCUT2D eigenvalue weighted by Crippen LogP contribution is 2.49. The number of unbranched alkanes of at least 4 members (excludes halogenated alkanes) is 4.